The van der Waals surface area contributed by atoms with Gasteiger partial charge in [0.2, 0.25) is 0 Å². The number of phenolic OH excluding ortho intramolecular Hbond substituents is 1. The standard InChI is InChI=1S/C17H10ClN3O6/c18-10-2-4-11(5-3-10)20-16(24)12(15(23)19-17(20)25)7-9-1-6-14(22)13(8-9)21(26)27/h1-8,22H,(H,19,23,25)/b12-7+. The molecule has 3 rings (SSSR count). The summed E-state index contributed by atoms with van der Waals surface area (Å²) in [4.78, 5) is 47.7. The van der Waals surface area contributed by atoms with E-state index in [9.17, 15) is 29.6 Å². The third-order valence-electron chi connectivity index (χ3n) is 3.69. The van der Waals surface area contributed by atoms with Crippen LogP contribution in [0.3, 0.4) is 0 Å². The van der Waals surface area contributed by atoms with E-state index < -0.39 is 39.8 Å². The number of halogens is 1. The van der Waals surface area contributed by atoms with Crippen molar-refractivity contribution in [1.29, 1.82) is 0 Å². The van der Waals surface area contributed by atoms with E-state index in [1.165, 1.54) is 30.3 Å². The molecule has 0 unspecified atom stereocenters. The lowest BCUT2D eigenvalue weighted by Gasteiger charge is -2.26. The number of rotatable bonds is 3. The third kappa shape index (κ3) is 3.48. The minimum atomic E-state index is -0.939. The molecule has 1 aliphatic heterocycles. The lowest BCUT2D eigenvalue weighted by atomic mass is 10.1. The number of carbonyl (C=O) groups excluding carboxylic acids is 3. The molecule has 1 heterocycles. The molecule has 1 saturated heterocycles. The molecular weight excluding hydrogens is 378 g/mol. The van der Waals surface area contributed by atoms with Crippen LogP contribution in [0.1, 0.15) is 5.56 Å². The summed E-state index contributed by atoms with van der Waals surface area (Å²) in [5.74, 6) is -2.40. The molecule has 9 nitrogen and oxygen atoms in total. The highest BCUT2D eigenvalue weighted by Crippen LogP contribution is 2.28. The number of anilines is 1. The van der Waals surface area contributed by atoms with E-state index in [1.54, 1.807) is 0 Å². The van der Waals surface area contributed by atoms with Gasteiger partial charge in [-0.1, -0.05) is 17.7 Å². The molecule has 0 radical (unpaired) electrons. The first-order valence-electron chi connectivity index (χ1n) is 7.42. The molecule has 0 atom stereocenters. The second kappa shape index (κ2) is 6.89. The van der Waals surface area contributed by atoms with Crippen molar-refractivity contribution in [3.05, 3.63) is 68.7 Å². The van der Waals surface area contributed by atoms with Crippen molar-refractivity contribution < 1.29 is 24.4 Å². The summed E-state index contributed by atoms with van der Waals surface area (Å²) >= 11 is 5.79. The highest BCUT2D eigenvalue weighted by Gasteiger charge is 2.36. The summed E-state index contributed by atoms with van der Waals surface area (Å²) in [5, 5.41) is 22.8. The van der Waals surface area contributed by atoms with Crippen molar-refractivity contribution in [2.24, 2.45) is 0 Å². The molecule has 0 aromatic heterocycles. The Balaban J connectivity index is 2.03. The van der Waals surface area contributed by atoms with Crippen molar-refractivity contribution in [1.82, 2.24) is 5.32 Å². The number of barbiturate groups is 1. The van der Waals surface area contributed by atoms with E-state index in [-0.39, 0.29) is 11.3 Å². The molecule has 1 aliphatic rings. The quantitative estimate of drug-likeness (QED) is 0.360. The summed E-state index contributed by atoms with van der Waals surface area (Å²) in [5.41, 5.74) is -0.663. The zero-order valence-electron chi connectivity index (χ0n) is 13.4. The Hall–Kier alpha value is -3.72. The predicted molar refractivity (Wildman–Crippen MR) is 95.2 cm³/mol. The number of nitro benzene ring substituents is 1. The fourth-order valence-electron chi connectivity index (χ4n) is 2.43. The highest BCUT2D eigenvalue weighted by molar-refractivity contribution is 6.39. The minimum absolute atomic E-state index is 0.128. The number of urea groups is 1. The maximum absolute atomic E-state index is 12.7. The SMILES string of the molecule is O=C1NC(=O)N(c2ccc(Cl)cc2)C(=O)/C1=C/c1ccc(O)c([N+](=O)[O-])c1. The van der Waals surface area contributed by atoms with Gasteiger partial charge in [0.15, 0.2) is 5.75 Å². The molecule has 0 bridgehead atoms. The number of amides is 4. The molecule has 10 heteroatoms. The second-order valence-corrected chi connectivity index (χ2v) is 5.88. The van der Waals surface area contributed by atoms with E-state index in [2.05, 4.69) is 0 Å². The first-order valence-corrected chi connectivity index (χ1v) is 7.80. The zero-order valence-corrected chi connectivity index (χ0v) is 14.1. The van der Waals surface area contributed by atoms with Gasteiger partial charge in [0, 0.05) is 11.1 Å². The fourth-order valence-corrected chi connectivity index (χ4v) is 2.55. The summed E-state index contributed by atoms with van der Waals surface area (Å²) in [6.45, 7) is 0. The van der Waals surface area contributed by atoms with Crippen molar-refractivity contribution in [2.75, 3.05) is 4.90 Å². The Morgan fingerprint density at radius 2 is 1.78 bits per heavy atom. The predicted octanol–water partition coefficient (Wildman–Crippen LogP) is 2.62. The number of aromatic hydroxyl groups is 1. The van der Waals surface area contributed by atoms with E-state index >= 15 is 0 Å². The first kappa shape index (κ1) is 18.1. The number of phenols is 1. The van der Waals surface area contributed by atoms with Crippen molar-refractivity contribution >= 4 is 46.9 Å². The Labute approximate surface area is 156 Å². The van der Waals surface area contributed by atoms with Crippen LogP contribution in [0.15, 0.2) is 48.0 Å². The molecule has 136 valence electrons. The lowest BCUT2D eigenvalue weighted by molar-refractivity contribution is -0.385. The molecule has 0 spiro atoms. The van der Waals surface area contributed by atoms with Crippen LogP contribution in [-0.2, 0) is 9.59 Å². The van der Waals surface area contributed by atoms with Crippen LogP contribution < -0.4 is 10.2 Å². The average molecular weight is 388 g/mol. The van der Waals surface area contributed by atoms with Gasteiger partial charge in [0.25, 0.3) is 11.8 Å². The van der Waals surface area contributed by atoms with Crippen LogP contribution in [0.4, 0.5) is 16.2 Å². The lowest BCUT2D eigenvalue weighted by Crippen LogP contribution is -2.54. The number of hydrogen-bond acceptors (Lipinski definition) is 6. The summed E-state index contributed by atoms with van der Waals surface area (Å²) < 4.78 is 0. The van der Waals surface area contributed by atoms with Crippen LogP contribution in [0, 0.1) is 10.1 Å². The number of nitrogens with zero attached hydrogens (tertiary/aromatic N) is 2. The van der Waals surface area contributed by atoms with Crippen molar-refractivity contribution in [2.45, 2.75) is 0 Å². The van der Waals surface area contributed by atoms with Crippen LogP contribution >= 0.6 is 11.6 Å². The number of hydrogen-bond donors (Lipinski definition) is 2. The molecular formula is C17H10ClN3O6. The molecule has 1 fully saturated rings. The van der Waals surface area contributed by atoms with Crippen LogP contribution in [-0.4, -0.2) is 27.9 Å². The van der Waals surface area contributed by atoms with Crippen molar-refractivity contribution in [3.63, 3.8) is 0 Å². The smallest absolute Gasteiger partial charge is 0.335 e. The van der Waals surface area contributed by atoms with Gasteiger partial charge in [-0.15, -0.1) is 0 Å². The van der Waals surface area contributed by atoms with E-state index in [1.807, 2.05) is 5.32 Å². The molecule has 4 amide bonds. The molecule has 0 aliphatic carbocycles. The summed E-state index contributed by atoms with van der Waals surface area (Å²) in [6, 6.07) is 8.24. The fraction of sp³-hybridized carbons (Fsp3) is 0. The monoisotopic (exact) mass is 387 g/mol. The van der Waals surface area contributed by atoms with E-state index in [0.29, 0.717) is 5.02 Å². The molecule has 27 heavy (non-hydrogen) atoms. The third-order valence-corrected chi connectivity index (χ3v) is 3.95. The number of carbonyl (C=O) groups is 3. The number of nitro groups is 1. The number of nitrogens with one attached hydrogen (secondary N) is 1. The number of imide groups is 2. The topological polar surface area (TPSA) is 130 Å². The maximum atomic E-state index is 12.7. The van der Waals surface area contributed by atoms with Crippen molar-refractivity contribution in [3.8, 4) is 5.75 Å². The van der Waals surface area contributed by atoms with Crippen LogP contribution in [0.25, 0.3) is 6.08 Å². The van der Waals surface area contributed by atoms with Gasteiger partial charge in [-0.2, -0.15) is 0 Å². The van der Waals surface area contributed by atoms with Gasteiger partial charge in [0.05, 0.1) is 10.6 Å². The Morgan fingerprint density at radius 1 is 1.11 bits per heavy atom. The maximum Gasteiger partial charge on any atom is 0.335 e. The molecule has 2 N–H and O–H groups in total. The van der Waals surface area contributed by atoms with Crippen LogP contribution in [0.5, 0.6) is 5.75 Å². The Kier molecular flexibility index (Phi) is 4.61. The first-order chi connectivity index (χ1) is 12.8. The number of benzene rings is 2. The Morgan fingerprint density at radius 3 is 2.41 bits per heavy atom. The summed E-state index contributed by atoms with van der Waals surface area (Å²) in [6.07, 6.45) is 1.10. The molecule has 2 aromatic carbocycles. The average Bonchev–Trinajstić information content (AvgIpc) is 2.61. The van der Waals surface area contributed by atoms with E-state index in [0.717, 1.165) is 23.1 Å². The van der Waals surface area contributed by atoms with Gasteiger partial charge in [-0.05, 0) is 42.0 Å². The second-order valence-electron chi connectivity index (χ2n) is 5.44. The van der Waals surface area contributed by atoms with Gasteiger partial charge >= 0.3 is 11.7 Å². The van der Waals surface area contributed by atoms with Gasteiger partial charge in [0.1, 0.15) is 5.57 Å². The van der Waals surface area contributed by atoms with E-state index in [4.69, 9.17) is 11.6 Å². The molecule has 0 saturated carbocycles. The minimum Gasteiger partial charge on any atom is -0.502 e. The van der Waals surface area contributed by atoms with Gasteiger partial charge in [-0.3, -0.25) is 25.0 Å². The largest absolute Gasteiger partial charge is 0.502 e. The summed E-state index contributed by atoms with van der Waals surface area (Å²) in [7, 11) is 0. The zero-order chi connectivity index (χ0) is 19.7. The molecule has 2 aromatic rings. The van der Waals surface area contributed by atoms with Gasteiger partial charge in [-0.25, -0.2) is 9.69 Å². The Bertz CT molecular complexity index is 1020. The normalized spacial score (nSPS) is 15.8. The van der Waals surface area contributed by atoms with Crippen LogP contribution in [0.2, 0.25) is 5.02 Å². The highest BCUT2D eigenvalue weighted by atomic mass is 35.5. The van der Waals surface area contributed by atoms with Gasteiger partial charge < -0.3 is 5.11 Å².